The summed E-state index contributed by atoms with van der Waals surface area (Å²) in [5.74, 6) is -5.47. The summed E-state index contributed by atoms with van der Waals surface area (Å²) < 4.78 is 38.7. The number of amides is 1. The second-order valence-corrected chi connectivity index (χ2v) is 3.46. The molecule has 1 N–H and O–H groups in total. The smallest absolute Gasteiger partial charge is 0.254 e. The van der Waals surface area contributed by atoms with Gasteiger partial charge in [0, 0.05) is 6.04 Å². The Balaban J connectivity index is 2.91. The summed E-state index contributed by atoms with van der Waals surface area (Å²) in [6, 6.07) is 2.84. The first-order valence-electron chi connectivity index (χ1n) is 4.78. The van der Waals surface area contributed by atoms with Crippen LogP contribution in [-0.2, 0) is 0 Å². The maximum Gasteiger partial charge on any atom is 0.254 e. The van der Waals surface area contributed by atoms with E-state index in [1.807, 2.05) is 6.07 Å². The lowest BCUT2D eigenvalue weighted by Gasteiger charge is -2.11. The van der Waals surface area contributed by atoms with E-state index in [1.165, 1.54) is 0 Å². The second kappa shape index (κ2) is 5.34. The van der Waals surface area contributed by atoms with Crippen LogP contribution < -0.4 is 5.32 Å². The van der Waals surface area contributed by atoms with E-state index in [4.69, 9.17) is 5.26 Å². The largest absolute Gasteiger partial charge is 0.348 e. The maximum absolute atomic E-state index is 13.2. The molecule has 0 heterocycles. The number of carbonyl (C=O) groups is 1. The molecule has 6 heteroatoms. The number of benzene rings is 1. The molecule has 90 valence electrons. The molecule has 17 heavy (non-hydrogen) atoms. The van der Waals surface area contributed by atoms with Crippen molar-refractivity contribution in [3.8, 4) is 6.07 Å². The summed E-state index contributed by atoms with van der Waals surface area (Å²) in [5.41, 5.74) is -0.589. The summed E-state index contributed by atoms with van der Waals surface area (Å²) in [4.78, 5) is 11.5. The van der Waals surface area contributed by atoms with Crippen molar-refractivity contribution in [2.75, 3.05) is 0 Å². The Labute approximate surface area is 95.9 Å². The zero-order valence-electron chi connectivity index (χ0n) is 8.93. The lowest BCUT2D eigenvalue weighted by Crippen LogP contribution is -2.33. The highest BCUT2D eigenvalue weighted by molar-refractivity contribution is 5.94. The van der Waals surface area contributed by atoms with Crippen LogP contribution in [0.15, 0.2) is 12.1 Å². The van der Waals surface area contributed by atoms with Gasteiger partial charge in [0.1, 0.15) is 0 Å². The van der Waals surface area contributed by atoms with E-state index >= 15 is 0 Å². The minimum absolute atomic E-state index is 0.0387. The summed E-state index contributed by atoms with van der Waals surface area (Å²) in [5, 5.41) is 10.7. The molecule has 1 atom stereocenters. The molecule has 0 spiro atoms. The quantitative estimate of drug-likeness (QED) is 0.825. The number of halogens is 3. The molecule has 0 saturated heterocycles. The number of nitriles is 1. The first-order chi connectivity index (χ1) is 7.97. The Morgan fingerprint density at radius 2 is 2.06 bits per heavy atom. The first-order valence-corrected chi connectivity index (χ1v) is 4.78. The summed E-state index contributed by atoms with van der Waals surface area (Å²) in [7, 11) is 0. The zero-order valence-corrected chi connectivity index (χ0v) is 8.93. The molecular formula is C11H9F3N2O. The van der Waals surface area contributed by atoms with Crippen LogP contribution >= 0.6 is 0 Å². The predicted octanol–water partition coefficient (Wildman–Crippen LogP) is 2.14. The van der Waals surface area contributed by atoms with Crippen LogP contribution in [0.3, 0.4) is 0 Å². The van der Waals surface area contributed by atoms with Crippen molar-refractivity contribution >= 4 is 5.91 Å². The molecule has 0 fully saturated rings. The molecule has 1 amide bonds. The van der Waals surface area contributed by atoms with Crippen molar-refractivity contribution in [1.29, 1.82) is 5.26 Å². The number of carbonyl (C=O) groups excluding carboxylic acids is 1. The van der Waals surface area contributed by atoms with E-state index in [9.17, 15) is 18.0 Å². The third-order valence-corrected chi connectivity index (χ3v) is 2.05. The average molecular weight is 242 g/mol. The molecule has 1 rings (SSSR count). The fourth-order valence-corrected chi connectivity index (χ4v) is 1.19. The molecule has 0 saturated carbocycles. The Kier molecular flexibility index (Phi) is 4.10. The Morgan fingerprint density at radius 1 is 1.41 bits per heavy atom. The Hall–Kier alpha value is -2.03. The van der Waals surface area contributed by atoms with Crippen molar-refractivity contribution in [3.05, 3.63) is 35.1 Å². The molecule has 0 aliphatic carbocycles. The van der Waals surface area contributed by atoms with Crippen LogP contribution in [0.1, 0.15) is 23.7 Å². The standard InChI is InChI=1S/C11H9F3N2O/c1-6(4-5-15)16-11(17)7-2-3-8(12)10(14)9(7)13/h2-3,6H,4H2,1H3,(H,16,17). The van der Waals surface area contributed by atoms with Gasteiger partial charge in [0.05, 0.1) is 18.1 Å². The number of rotatable bonds is 3. The summed E-state index contributed by atoms with van der Waals surface area (Å²) in [6.45, 7) is 1.54. The highest BCUT2D eigenvalue weighted by atomic mass is 19.2. The van der Waals surface area contributed by atoms with E-state index < -0.39 is 35.0 Å². The zero-order chi connectivity index (χ0) is 13.0. The van der Waals surface area contributed by atoms with E-state index in [0.717, 1.165) is 6.07 Å². The molecule has 3 nitrogen and oxygen atoms in total. The highest BCUT2D eigenvalue weighted by Gasteiger charge is 2.19. The number of hydrogen-bond donors (Lipinski definition) is 1. The molecule has 0 bridgehead atoms. The average Bonchev–Trinajstić information content (AvgIpc) is 2.26. The van der Waals surface area contributed by atoms with Gasteiger partial charge in [0.2, 0.25) is 0 Å². The minimum Gasteiger partial charge on any atom is -0.348 e. The third kappa shape index (κ3) is 2.97. The molecular weight excluding hydrogens is 233 g/mol. The van der Waals surface area contributed by atoms with E-state index in [0.29, 0.717) is 6.07 Å². The fourth-order valence-electron chi connectivity index (χ4n) is 1.19. The Bertz CT molecular complexity index is 482. The van der Waals surface area contributed by atoms with Gasteiger partial charge in [0.15, 0.2) is 17.5 Å². The SMILES string of the molecule is CC(CC#N)NC(=O)c1ccc(F)c(F)c1F. The molecule has 0 aliphatic rings. The number of nitrogens with zero attached hydrogens (tertiary/aromatic N) is 1. The van der Waals surface area contributed by atoms with Gasteiger partial charge in [0.25, 0.3) is 5.91 Å². The molecule has 0 aliphatic heterocycles. The fraction of sp³-hybridized carbons (Fsp3) is 0.273. The molecule has 0 aromatic heterocycles. The monoisotopic (exact) mass is 242 g/mol. The van der Waals surface area contributed by atoms with Crippen LogP contribution in [0.25, 0.3) is 0 Å². The van der Waals surface area contributed by atoms with Crippen LogP contribution in [0.5, 0.6) is 0 Å². The van der Waals surface area contributed by atoms with Gasteiger partial charge in [-0.15, -0.1) is 0 Å². The van der Waals surface area contributed by atoms with Crippen LogP contribution in [0.2, 0.25) is 0 Å². The Morgan fingerprint density at radius 3 is 2.65 bits per heavy atom. The minimum atomic E-state index is -1.69. The van der Waals surface area contributed by atoms with E-state index in [-0.39, 0.29) is 6.42 Å². The van der Waals surface area contributed by atoms with Gasteiger partial charge < -0.3 is 5.32 Å². The topological polar surface area (TPSA) is 52.9 Å². The van der Waals surface area contributed by atoms with E-state index in [1.54, 1.807) is 6.92 Å². The van der Waals surface area contributed by atoms with Gasteiger partial charge in [-0.1, -0.05) is 0 Å². The van der Waals surface area contributed by atoms with Crippen molar-refractivity contribution in [2.45, 2.75) is 19.4 Å². The number of hydrogen-bond acceptors (Lipinski definition) is 2. The molecule has 1 aromatic rings. The number of nitrogens with one attached hydrogen (secondary N) is 1. The predicted molar refractivity (Wildman–Crippen MR) is 53.5 cm³/mol. The lowest BCUT2D eigenvalue weighted by molar-refractivity contribution is 0.0935. The van der Waals surface area contributed by atoms with Crippen LogP contribution in [0, 0.1) is 28.8 Å². The highest BCUT2D eigenvalue weighted by Crippen LogP contribution is 2.15. The van der Waals surface area contributed by atoms with Crippen LogP contribution in [0.4, 0.5) is 13.2 Å². The van der Waals surface area contributed by atoms with E-state index in [2.05, 4.69) is 5.32 Å². The summed E-state index contributed by atoms with van der Waals surface area (Å²) in [6.07, 6.45) is 0.0387. The van der Waals surface area contributed by atoms with Gasteiger partial charge in [-0.3, -0.25) is 4.79 Å². The van der Waals surface area contributed by atoms with Crippen LogP contribution in [-0.4, -0.2) is 11.9 Å². The van der Waals surface area contributed by atoms with Gasteiger partial charge >= 0.3 is 0 Å². The second-order valence-electron chi connectivity index (χ2n) is 3.46. The third-order valence-electron chi connectivity index (χ3n) is 2.05. The normalized spacial score (nSPS) is 11.7. The van der Waals surface area contributed by atoms with Crippen molar-refractivity contribution in [2.24, 2.45) is 0 Å². The molecule has 1 unspecified atom stereocenters. The summed E-state index contributed by atoms with van der Waals surface area (Å²) >= 11 is 0. The van der Waals surface area contributed by atoms with Gasteiger partial charge in [-0.05, 0) is 19.1 Å². The van der Waals surface area contributed by atoms with Gasteiger partial charge in [-0.25, -0.2) is 13.2 Å². The lowest BCUT2D eigenvalue weighted by atomic mass is 10.1. The van der Waals surface area contributed by atoms with Crippen molar-refractivity contribution in [3.63, 3.8) is 0 Å². The molecule has 1 aromatic carbocycles. The van der Waals surface area contributed by atoms with Crippen molar-refractivity contribution < 1.29 is 18.0 Å². The first kappa shape index (κ1) is 13.0. The molecule has 0 radical (unpaired) electrons. The van der Waals surface area contributed by atoms with Gasteiger partial charge in [-0.2, -0.15) is 5.26 Å². The maximum atomic E-state index is 13.2. The van der Waals surface area contributed by atoms with Crippen molar-refractivity contribution in [1.82, 2.24) is 5.32 Å².